The lowest BCUT2D eigenvalue weighted by molar-refractivity contribution is -0.00151. The van der Waals surface area contributed by atoms with E-state index < -0.39 is 10.0 Å². The van der Waals surface area contributed by atoms with Crippen LogP contribution in [0.3, 0.4) is 0 Å². The molecule has 6 heteroatoms. The van der Waals surface area contributed by atoms with E-state index in [4.69, 9.17) is 16.3 Å². The van der Waals surface area contributed by atoms with Crippen LogP contribution in [0.1, 0.15) is 44.9 Å². The van der Waals surface area contributed by atoms with Crippen molar-refractivity contribution in [1.29, 1.82) is 0 Å². The van der Waals surface area contributed by atoms with E-state index in [1.807, 2.05) is 4.31 Å². The number of nitrogens with zero attached hydrogens (tertiary/aromatic N) is 1. The lowest BCUT2D eigenvalue weighted by Gasteiger charge is -2.36. The molecule has 4 aliphatic rings. The average Bonchev–Trinajstić information content (AvgIpc) is 3.04. The maximum absolute atomic E-state index is 12.9. The molecule has 1 saturated heterocycles. The molecule has 1 aliphatic heterocycles. The highest BCUT2D eigenvalue weighted by Crippen LogP contribution is 2.57. The van der Waals surface area contributed by atoms with E-state index in [1.54, 1.807) is 0 Å². The van der Waals surface area contributed by atoms with Gasteiger partial charge in [-0.25, -0.2) is 8.42 Å². The van der Waals surface area contributed by atoms with Gasteiger partial charge in [0.15, 0.2) is 0 Å². The fourth-order valence-corrected chi connectivity index (χ4v) is 8.22. The predicted octanol–water partition coefficient (Wildman–Crippen LogP) is 2.32. The van der Waals surface area contributed by atoms with Gasteiger partial charge in [0.2, 0.25) is 10.0 Å². The summed E-state index contributed by atoms with van der Waals surface area (Å²) in [7, 11) is -3.11. The van der Waals surface area contributed by atoms with Crippen molar-refractivity contribution in [1.82, 2.24) is 4.31 Å². The quantitative estimate of drug-likeness (QED) is 0.750. The molecule has 20 heavy (non-hydrogen) atoms. The summed E-state index contributed by atoms with van der Waals surface area (Å²) >= 11 is 5.77. The molecule has 0 N–H and O–H groups in total. The topological polar surface area (TPSA) is 46.6 Å². The fourth-order valence-electron chi connectivity index (χ4n) is 5.32. The molecule has 4 nitrogen and oxygen atoms in total. The molecule has 114 valence electrons. The smallest absolute Gasteiger partial charge is 0.217 e. The number of hydrogen-bond acceptors (Lipinski definition) is 3. The Morgan fingerprint density at radius 1 is 1.15 bits per heavy atom. The minimum Gasteiger partial charge on any atom is -0.361 e. The first-order valence-electron chi connectivity index (χ1n) is 7.84. The Labute approximate surface area is 125 Å². The van der Waals surface area contributed by atoms with Crippen molar-refractivity contribution in [3.05, 3.63) is 0 Å². The molecule has 0 radical (unpaired) electrons. The fraction of sp³-hybridized carbons (Fsp3) is 1.00. The van der Waals surface area contributed by atoms with Crippen LogP contribution in [0.25, 0.3) is 0 Å². The summed E-state index contributed by atoms with van der Waals surface area (Å²) in [5, 5.41) is -0.130. The predicted molar refractivity (Wildman–Crippen MR) is 77.0 cm³/mol. The molecule has 2 bridgehead atoms. The Bertz CT molecular complexity index is 491. The van der Waals surface area contributed by atoms with E-state index >= 15 is 0 Å². The molecule has 0 amide bonds. The zero-order chi connectivity index (χ0) is 13.9. The third-order valence-corrected chi connectivity index (χ3v) is 8.55. The highest BCUT2D eigenvalue weighted by atomic mass is 35.5. The standard InChI is InChI=1S/C14H22ClNO3S/c15-8-19-14-9-6-11-12(7-9)20(17,18)16(13(11)14)10-4-2-1-3-5-10/h9-14H,1-8H2. The molecule has 5 atom stereocenters. The van der Waals surface area contributed by atoms with E-state index in [2.05, 4.69) is 0 Å². The molecule has 3 aliphatic carbocycles. The largest absolute Gasteiger partial charge is 0.361 e. The monoisotopic (exact) mass is 319 g/mol. The van der Waals surface area contributed by atoms with Crippen LogP contribution in [0.5, 0.6) is 0 Å². The Hall–Kier alpha value is 0.160. The van der Waals surface area contributed by atoms with Crippen LogP contribution in [0.2, 0.25) is 0 Å². The maximum Gasteiger partial charge on any atom is 0.217 e. The molecular weight excluding hydrogens is 298 g/mol. The number of rotatable bonds is 3. The lowest BCUT2D eigenvalue weighted by Crippen LogP contribution is -2.48. The number of sulfonamides is 1. The van der Waals surface area contributed by atoms with Crippen LogP contribution in [-0.2, 0) is 14.8 Å². The Morgan fingerprint density at radius 2 is 1.90 bits per heavy atom. The highest BCUT2D eigenvalue weighted by Gasteiger charge is 2.67. The van der Waals surface area contributed by atoms with Gasteiger partial charge in [-0.2, -0.15) is 4.31 Å². The SMILES string of the molecule is O=S1(=O)C2CC3CC2C(C3OCCl)N1C1CCCCC1. The van der Waals surface area contributed by atoms with Crippen molar-refractivity contribution in [2.24, 2.45) is 11.8 Å². The van der Waals surface area contributed by atoms with Crippen molar-refractivity contribution in [3.63, 3.8) is 0 Å². The zero-order valence-corrected chi connectivity index (χ0v) is 13.2. The number of halogens is 1. The van der Waals surface area contributed by atoms with Gasteiger partial charge in [0.1, 0.15) is 6.07 Å². The van der Waals surface area contributed by atoms with E-state index in [0.29, 0.717) is 11.8 Å². The van der Waals surface area contributed by atoms with E-state index in [-0.39, 0.29) is 29.5 Å². The van der Waals surface area contributed by atoms with Crippen molar-refractivity contribution in [2.45, 2.75) is 68.4 Å². The van der Waals surface area contributed by atoms with Crippen molar-refractivity contribution in [2.75, 3.05) is 6.07 Å². The number of ether oxygens (including phenoxy) is 1. The van der Waals surface area contributed by atoms with Crippen LogP contribution in [0.15, 0.2) is 0 Å². The van der Waals surface area contributed by atoms with Crippen molar-refractivity contribution >= 4 is 21.6 Å². The molecular formula is C14H22ClNO3S. The average molecular weight is 320 g/mol. The molecule has 4 rings (SSSR count). The summed E-state index contributed by atoms with van der Waals surface area (Å²) in [4.78, 5) is 0. The second-order valence-electron chi connectivity index (χ2n) is 6.83. The molecule has 0 aromatic carbocycles. The van der Waals surface area contributed by atoms with Gasteiger partial charge in [-0.05, 0) is 37.5 Å². The molecule has 4 fully saturated rings. The van der Waals surface area contributed by atoms with Crippen molar-refractivity contribution < 1.29 is 13.2 Å². The number of fused-ring (bicyclic) bond motifs is 1. The van der Waals surface area contributed by atoms with Gasteiger partial charge in [-0.3, -0.25) is 0 Å². The summed E-state index contributed by atoms with van der Waals surface area (Å²) in [5.41, 5.74) is 0. The third kappa shape index (κ3) is 1.76. The first kappa shape index (κ1) is 13.8. The van der Waals surface area contributed by atoms with Gasteiger partial charge in [0, 0.05) is 6.04 Å². The van der Waals surface area contributed by atoms with Crippen molar-refractivity contribution in [3.8, 4) is 0 Å². The van der Waals surface area contributed by atoms with Gasteiger partial charge in [-0.1, -0.05) is 30.9 Å². The van der Waals surface area contributed by atoms with Crippen LogP contribution < -0.4 is 0 Å². The van der Waals surface area contributed by atoms with Crippen LogP contribution >= 0.6 is 11.6 Å². The molecule has 0 spiro atoms. The van der Waals surface area contributed by atoms with Crippen LogP contribution in [0.4, 0.5) is 0 Å². The highest BCUT2D eigenvalue weighted by molar-refractivity contribution is 7.90. The summed E-state index contributed by atoms with van der Waals surface area (Å²) < 4.78 is 33.4. The molecule has 1 heterocycles. The first-order valence-corrected chi connectivity index (χ1v) is 9.88. The van der Waals surface area contributed by atoms with Gasteiger partial charge >= 0.3 is 0 Å². The second-order valence-corrected chi connectivity index (χ2v) is 9.11. The zero-order valence-electron chi connectivity index (χ0n) is 11.6. The minimum atomic E-state index is -3.11. The Morgan fingerprint density at radius 3 is 2.60 bits per heavy atom. The second kappa shape index (κ2) is 4.83. The summed E-state index contributed by atoms with van der Waals surface area (Å²) in [6.45, 7) is 0. The summed E-state index contributed by atoms with van der Waals surface area (Å²) in [6.07, 6.45) is 7.43. The normalized spacial score (nSPS) is 47.1. The van der Waals surface area contributed by atoms with E-state index in [1.165, 1.54) is 6.42 Å². The molecule has 3 saturated carbocycles. The maximum atomic E-state index is 12.9. The molecule has 0 aromatic rings. The van der Waals surface area contributed by atoms with Gasteiger partial charge in [0.25, 0.3) is 0 Å². The van der Waals surface area contributed by atoms with Gasteiger partial charge in [0.05, 0.1) is 17.4 Å². The number of alkyl halides is 1. The Balaban J connectivity index is 1.69. The summed E-state index contributed by atoms with van der Waals surface area (Å²) in [6, 6.07) is 0.461. The lowest BCUT2D eigenvalue weighted by atomic mass is 9.89. The first-order chi connectivity index (χ1) is 9.64. The third-order valence-electron chi connectivity index (χ3n) is 5.99. The summed E-state index contributed by atoms with van der Waals surface area (Å²) in [5.74, 6) is 0.692. The van der Waals surface area contributed by atoms with E-state index in [0.717, 1.165) is 38.5 Å². The molecule has 5 unspecified atom stereocenters. The minimum absolute atomic E-state index is 0.0351. The van der Waals surface area contributed by atoms with Crippen LogP contribution in [-0.4, -0.2) is 42.2 Å². The van der Waals surface area contributed by atoms with Gasteiger partial charge < -0.3 is 4.74 Å². The number of hydrogen-bond donors (Lipinski definition) is 0. The Kier molecular flexibility index (Phi) is 3.33. The van der Waals surface area contributed by atoms with E-state index in [9.17, 15) is 8.42 Å². The van der Waals surface area contributed by atoms with Crippen LogP contribution in [0, 0.1) is 11.8 Å². The van der Waals surface area contributed by atoms with Gasteiger partial charge in [-0.15, -0.1) is 0 Å². The molecule has 0 aromatic heterocycles.